The summed E-state index contributed by atoms with van der Waals surface area (Å²) in [5.41, 5.74) is 6.35. The first-order chi connectivity index (χ1) is 9.51. The molecule has 20 heavy (non-hydrogen) atoms. The molecule has 0 fully saturated rings. The molecule has 0 radical (unpaired) electrons. The van der Waals surface area contributed by atoms with Gasteiger partial charge in [0, 0.05) is 13.2 Å². The van der Waals surface area contributed by atoms with Crippen molar-refractivity contribution < 1.29 is 13.9 Å². The van der Waals surface area contributed by atoms with E-state index in [-0.39, 0.29) is 17.4 Å². The zero-order valence-corrected chi connectivity index (χ0v) is 13.7. The van der Waals surface area contributed by atoms with Gasteiger partial charge in [-0.2, -0.15) is 0 Å². The average Bonchev–Trinajstić information content (AvgIpc) is 2.43. The molecule has 0 unspecified atom stereocenters. The molecule has 0 aliphatic carbocycles. The number of rotatable bonds is 7. The van der Waals surface area contributed by atoms with Crippen LogP contribution in [-0.4, -0.2) is 25.3 Å². The smallest absolute Gasteiger partial charge is 0.216 e. The largest absolute Gasteiger partial charge is 0.383 e. The molecule has 0 atom stereocenters. The quantitative estimate of drug-likeness (QED) is 0.347. The number of nitrogens with two attached hydrogens (primary N) is 1. The van der Waals surface area contributed by atoms with Crippen molar-refractivity contribution in [3.05, 3.63) is 33.0 Å². The van der Waals surface area contributed by atoms with Crippen LogP contribution in [-0.2, 0) is 16.0 Å². The van der Waals surface area contributed by atoms with Crippen LogP contribution in [0.15, 0.2) is 21.6 Å². The van der Waals surface area contributed by atoms with Crippen molar-refractivity contribution in [3.63, 3.8) is 0 Å². The summed E-state index contributed by atoms with van der Waals surface area (Å²) in [7, 11) is 0. The van der Waals surface area contributed by atoms with Crippen LogP contribution in [0, 0.1) is 5.82 Å². The highest BCUT2D eigenvalue weighted by Gasteiger charge is 2.14. The predicted molar refractivity (Wildman–Crippen MR) is 81.5 cm³/mol. The van der Waals surface area contributed by atoms with Gasteiger partial charge in [-0.05, 0) is 41.4 Å². The number of hydrogen-bond acceptors (Lipinski definition) is 3. The fraction of sp³-hybridized carbons (Fsp3) is 0.462. The van der Waals surface area contributed by atoms with Crippen molar-refractivity contribution in [1.82, 2.24) is 0 Å². The summed E-state index contributed by atoms with van der Waals surface area (Å²) in [5.74, 6) is -0.308. The molecule has 1 aromatic carbocycles. The third-order valence-corrected chi connectivity index (χ3v) is 3.45. The lowest BCUT2D eigenvalue weighted by atomic mass is 10.2. The number of aliphatic imine (C=N–C) groups is 1. The Bertz CT molecular complexity index is 480. The highest BCUT2D eigenvalue weighted by molar-refractivity contribution is 9.10. The number of halogens is 3. The van der Waals surface area contributed by atoms with E-state index in [1.807, 2.05) is 13.8 Å². The lowest BCUT2D eigenvalue weighted by Gasteiger charge is -2.16. The predicted octanol–water partition coefficient (Wildman–Crippen LogP) is 3.50. The molecule has 7 heteroatoms. The van der Waals surface area contributed by atoms with E-state index in [9.17, 15) is 4.39 Å². The maximum absolute atomic E-state index is 13.6. The SMILES string of the molecule is CCOC(OCC)C(N)=NCc1ccc(Br)c(F)c1Cl. The molecule has 0 aliphatic rings. The maximum atomic E-state index is 13.6. The monoisotopic (exact) mass is 366 g/mol. The zero-order valence-electron chi connectivity index (χ0n) is 11.3. The Kier molecular flexibility index (Phi) is 7.43. The van der Waals surface area contributed by atoms with E-state index in [0.717, 1.165) is 0 Å². The van der Waals surface area contributed by atoms with E-state index in [0.29, 0.717) is 23.2 Å². The molecule has 0 saturated heterocycles. The van der Waals surface area contributed by atoms with Crippen molar-refractivity contribution in [2.75, 3.05) is 13.2 Å². The molecule has 0 saturated carbocycles. The summed E-state index contributed by atoms with van der Waals surface area (Å²) in [6, 6.07) is 3.26. The Morgan fingerprint density at radius 3 is 2.55 bits per heavy atom. The third-order valence-electron chi connectivity index (χ3n) is 2.42. The average molecular weight is 368 g/mol. The fourth-order valence-electron chi connectivity index (χ4n) is 1.46. The summed E-state index contributed by atoms with van der Waals surface area (Å²) in [6.07, 6.45) is -0.691. The molecule has 0 aromatic heterocycles. The van der Waals surface area contributed by atoms with E-state index in [1.165, 1.54) is 0 Å². The Morgan fingerprint density at radius 2 is 2.00 bits per heavy atom. The molecule has 4 nitrogen and oxygen atoms in total. The fourth-order valence-corrected chi connectivity index (χ4v) is 2.13. The molecule has 1 rings (SSSR count). The number of nitrogens with zero attached hydrogens (tertiary/aromatic N) is 1. The molecular formula is C13H17BrClFN2O2. The minimum atomic E-state index is -0.691. The van der Waals surface area contributed by atoms with Gasteiger partial charge in [0.1, 0.15) is 0 Å². The van der Waals surface area contributed by atoms with Crippen LogP contribution in [0.5, 0.6) is 0 Å². The highest BCUT2D eigenvalue weighted by atomic mass is 79.9. The molecule has 0 spiro atoms. The third kappa shape index (κ3) is 4.70. The van der Waals surface area contributed by atoms with Crippen LogP contribution in [0.4, 0.5) is 4.39 Å². The highest BCUT2D eigenvalue weighted by Crippen LogP contribution is 2.27. The van der Waals surface area contributed by atoms with Crippen molar-refractivity contribution >= 4 is 33.4 Å². The van der Waals surface area contributed by atoms with Crippen molar-refractivity contribution in [2.45, 2.75) is 26.7 Å². The summed E-state index contributed by atoms with van der Waals surface area (Å²) in [6.45, 7) is 4.73. The van der Waals surface area contributed by atoms with Crippen LogP contribution >= 0.6 is 27.5 Å². The number of hydrogen-bond donors (Lipinski definition) is 1. The Hall–Kier alpha value is -0.690. The van der Waals surface area contributed by atoms with Gasteiger partial charge in [-0.25, -0.2) is 4.39 Å². The summed E-state index contributed by atoms with van der Waals surface area (Å²) < 4.78 is 24.5. The standard InChI is InChI=1S/C13H17BrClFN2O2/c1-3-19-13(20-4-2)12(17)18-7-8-5-6-9(14)11(16)10(8)15/h5-6,13H,3-4,7H2,1-2H3,(H2,17,18). The second kappa shape index (κ2) is 8.56. The minimum Gasteiger partial charge on any atom is -0.383 e. The number of amidine groups is 1. The summed E-state index contributed by atoms with van der Waals surface area (Å²) >= 11 is 8.97. The van der Waals surface area contributed by atoms with Gasteiger partial charge in [-0.15, -0.1) is 0 Å². The van der Waals surface area contributed by atoms with Gasteiger partial charge in [-0.3, -0.25) is 4.99 Å². The van der Waals surface area contributed by atoms with Crippen LogP contribution in [0.1, 0.15) is 19.4 Å². The first kappa shape index (κ1) is 17.4. The van der Waals surface area contributed by atoms with Crippen LogP contribution in [0.25, 0.3) is 0 Å². The first-order valence-corrected chi connectivity index (χ1v) is 7.33. The van der Waals surface area contributed by atoms with Gasteiger partial charge in [0.05, 0.1) is 16.0 Å². The second-order valence-electron chi connectivity index (χ2n) is 3.82. The topological polar surface area (TPSA) is 56.8 Å². The zero-order chi connectivity index (χ0) is 15.1. The molecule has 0 bridgehead atoms. The Morgan fingerprint density at radius 1 is 1.40 bits per heavy atom. The van der Waals surface area contributed by atoms with E-state index in [2.05, 4.69) is 20.9 Å². The van der Waals surface area contributed by atoms with Gasteiger partial charge < -0.3 is 15.2 Å². The molecule has 2 N–H and O–H groups in total. The lowest BCUT2D eigenvalue weighted by molar-refractivity contribution is -0.0907. The second-order valence-corrected chi connectivity index (χ2v) is 5.05. The molecule has 0 aliphatic heterocycles. The number of ether oxygens (including phenoxy) is 2. The number of benzene rings is 1. The van der Waals surface area contributed by atoms with E-state index < -0.39 is 12.1 Å². The molecule has 1 aromatic rings. The van der Waals surface area contributed by atoms with Crippen molar-refractivity contribution in [1.29, 1.82) is 0 Å². The van der Waals surface area contributed by atoms with Crippen LogP contribution in [0.2, 0.25) is 5.02 Å². The normalized spacial score (nSPS) is 12.2. The summed E-state index contributed by atoms with van der Waals surface area (Å²) in [5, 5.41) is 0.0281. The first-order valence-electron chi connectivity index (χ1n) is 6.16. The van der Waals surface area contributed by atoms with Gasteiger partial charge >= 0.3 is 0 Å². The van der Waals surface area contributed by atoms with Gasteiger partial charge in [-0.1, -0.05) is 17.7 Å². The maximum Gasteiger partial charge on any atom is 0.216 e. The van der Waals surface area contributed by atoms with Crippen LogP contribution in [0.3, 0.4) is 0 Å². The van der Waals surface area contributed by atoms with Crippen molar-refractivity contribution in [2.24, 2.45) is 10.7 Å². The minimum absolute atomic E-state index is 0.0281. The van der Waals surface area contributed by atoms with Crippen LogP contribution < -0.4 is 5.73 Å². The van der Waals surface area contributed by atoms with Crippen molar-refractivity contribution in [3.8, 4) is 0 Å². The Labute approximate surface area is 131 Å². The van der Waals surface area contributed by atoms with Gasteiger partial charge in [0.25, 0.3) is 0 Å². The van der Waals surface area contributed by atoms with Gasteiger partial charge in [0.15, 0.2) is 11.7 Å². The Balaban J connectivity index is 2.82. The van der Waals surface area contributed by atoms with E-state index in [4.69, 9.17) is 26.8 Å². The van der Waals surface area contributed by atoms with E-state index in [1.54, 1.807) is 12.1 Å². The molecule has 0 heterocycles. The van der Waals surface area contributed by atoms with E-state index >= 15 is 0 Å². The molecule has 112 valence electrons. The molecule has 0 amide bonds. The van der Waals surface area contributed by atoms with Gasteiger partial charge in [0.2, 0.25) is 6.29 Å². The lowest BCUT2D eigenvalue weighted by Crippen LogP contribution is -2.34. The molecular weight excluding hydrogens is 351 g/mol. The summed E-state index contributed by atoms with van der Waals surface area (Å²) in [4.78, 5) is 4.14.